The highest BCUT2D eigenvalue weighted by molar-refractivity contribution is 6.05. The number of rotatable bonds is 3. The van der Waals surface area contributed by atoms with Crippen LogP contribution >= 0.6 is 0 Å². The van der Waals surface area contributed by atoms with E-state index in [1.54, 1.807) is 0 Å². The molecular formula is C13H15N3. The summed E-state index contributed by atoms with van der Waals surface area (Å²) in [6, 6.07) is 10.4. The van der Waals surface area contributed by atoms with Gasteiger partial charge in [0.25, 0.3) is 0 Å². The average molecular weight is 213 g/mol. The maximum Gasteiger partial charge on any atom is 0.0947 e. The van der Waals surface area contributed by atoms with Crippen molar-refractivity contribution in [2.24, 2.45) is 9.98 Å². The topological polar surface area (TPSA) is 28.0 Å². The lowest BCUT2D eigenvalue weighted by molar-refractivity contribution is 0.837. The Labute approximate surface area is 95.8 Å². The summed E-state index contributed by atoms with van der Waals surface area (Å²) in [7, 11) is 1.81. The van der Waals surface area contributed by atoms with Crippen molar-refractivity contribution in [1.82, 2.24) is 0 Å². The van der Waals surface area contributed by atoms with Crippen LogP contribution in [-0.4, -0.2) is 32.1 Å². The summed E-state index contributed by atoms with van der Waals surface area (Å²) in [4.78, 5) is 10.4. The van der Waals surface area contributed by atoms with E-state index in [9.17, 15) is 0 Å². The van der Waals surface area contributed by atoms with Crippen molar-refractivity contribution in [3.05, 3.63) is 42.6 Å². The highest BCUT2D eigenvalue weighted by Gasteiger charge is 2.25. The maximum atomic E-state index is 4.26. The van der Waals surface area contributed by atoms with Crippen molar-refractivity contribution in [1.29, 1.82) is 0 Å². The molecule has 1 heterocycles. The van der Waals surface area contributed by atoms with Crippen LogP contribution in [0.5, 0.6) is 0 Å². The fraction of sp³-hybridized carbons (Fsp3) is 0.231. The predicted molar refractivity (Wildman–Crippen MR) is 69.6 cm³/mol. The quantitative estimate of drug-likeness (QED) is 0.707. The molecule has 2 rings (SSSR count). The predicted octanol–water partition coefficient (Wildman–Crippen LogP) is 2.16. The molecule has 0 spiro atoms. The molecule has 1 unspecified atom stereocenters. The Kier molecular flexibility index (Phi) is 3.15. The number of benzene rings is 1. The fourth-order valence-corrected chi connectivity index (χ4v) is 1.91. The van der Waals surface area contributed by atoms with E-state index < -0.39 is 0 Å². The zero-order chi connectivity index (χ0) is 11.4. The molecule has 1 atom stereocenters. The van der Waals surface area contributed by atoms with Gasteiger partial charge in [0, 0.05) is 18.9 Å². The number of hydrogen-bond donors (Lipinski definition) is 0. The summed E-state index contributed by atoms with van der Waals surface area (Å²) in [5.41, 5.74) is 2.21. The summed E-state index contributed by atoms with van der Waals surface area (Å²) in [5, 5.41) is 0. The Hall–Kier alpha value is -1.90. The molecule has 82 valence electrons. The van der Waals surface area contributed by atoms with Crippen molar-refractivity contribution >= 4 is 18.1 Å². The van der Waals surface area contributed by atoms with Crippen LogP contribution in [0.1, 0.15) is 0 Å². The van der Waals surface area contributed by atoms with E-state index in [-0.39, 0.29) is 6.04 Å². The molecule has 16 heavy (non-hydrogen) atoms. The van der Waals surface area contributed by atoms with E-state index in [0.717, 1.165) is 11.4 Å². The standard InChI is InChI=1S/C13H15N3/c1-14-10-13-12(15-2)8-9-16(13)11-6-4-3-5-7-11/h3-9,13H,1,10H2,2H3. The van der Waals surface area contributed by atoms with Crippen LogP contribution in [0.25, 0.3) is 0 Å². The van der Waals surface area contributed by atoms with E-state index in [1.165, 1.54) is 0 Å². The molecule has 1 aromatic carbocycles. The van der Waals surface area contributed by atoms with Gasteiger partial charge in [0.15, 0.2) is 0 Å². The Balaban J connectivity index is 2.29. The van der Waals surface area contributed by atoms with E-state index in [4.69, 9.17) is 0 Å². The van der Waals surface area contributed by atoms with Crippen LogP contribution in [0.15, 0.2) is 52.6 Å². The van der Waals surface area contributed by atoms with Crippen molar-refractivity contribution in [3.8, 4) is 0 Å². The maximum absolute atomic E-state index is 4.26. The van der Waals surface area contributed by atoms with Crippen LogP contribution in [0, 0.1) is 0 Å². The molecule has 1 aliphatic heterocycles. The molecule has 0 saturated heterocycles. The number of aliphatic imine (C=N–C) groups is 2. The van der Waals surface area contributed by atoms with Crippen molar-refractivity contribution < 1.29 is 0 Å². The molecule has 3 nitrogen and oxygen atoms in total. The Morgan fingerprint density at radius 1 is 1.31 bits per heavy atom. The third-order valence-corrected chi connectivity index (χ3v) is 2.70. The number of hydrogen-bond acceptors (Lipinski definition) is 3. The van der Waals surface area contributed by atoms with Crippen molar-refractivity contribution in [2.45, 2.75) is 6.04 Å². The molecule has 1 aromatic rings. The lowest BCUT2D eigenvalue weighted by Gasteiger charge is -2.24. The molecule has 0 amide bonds. The zero-order valence-corrected chi connectivity index (χ0v) is 9.37. The molecule has 0 radical (unpaired) electrons. The average Bonchev–Trinajstić information content (AvgIpc) is 2.74. The van der Waals surface area contributed by atoms with Gasteiger partial charge in [-0.1, -0.05) is 18.2 Å². The van der Waals surface area contributed by atoms with Gasteiger partial charge in [0.05, 0.1) is 18.3 Å². The van der Waals surface area contributed by atoms with Crippen LogP contribution in [-0.2, 0) is 0 Å². The third-order valence-electron chi connectivity index (χ3n) is 2.70. The van der Waals surface area contributed by atoms with Crippen LogP contribution in [0.4, 0.5) is 5.69 Å². The lowest BCUT2D eigenvalue weighted by atomic mass is 10.1. The van der Waals surface area contributed by atoms with E-state index in [0.29, 0.717) is 6.54 Å². The van der Waals surface area contributed by atoms with Crippen molar-refractivity contribution in [2.75, 3.05) is 18.5 Å². The van der Waals surface area contributed by atoms with Gasteiger partial charge in [0.2, 0.25) is 0 Å². The van der Waals surface area contributed by atoms with Gasteiger partial charge in [-0.05, 0) is 24.9 Å². The van der Waals surface area contributed by atoms with Gasteiger partial charge in [-0.25, -0.2) is 0 Å². The van der Waals surface area contributed by atoms with E-state index in [1.807, 2.05) is 37.5 Å². The van der Waals surface area contributed by atoms with Crippen molar-refractivity contribution in [3.63, 3.8) is 0 Å². The lowest BCUT2D eigenvalue weighted by Crippen LogP contribution is -2.34. The van der Waals surface area contributed by atoms with E-state index in [2.05, 4.69) is 33.7 Å². The third kappa shape index (κ3) is 1.89. The highest BCUT2D eigenvalue weighted by atomic mass is 15.2. The SMILES string of the molecule is C=NCC1C(=NC)C=CN1c1ccccc1. The summed E-state index contributed by atoms with van der Waals surface area (Å²) >= 11 is 0. The molecule has 0 fully saturated rings. The van der Waals surface area contributed by atoms with Crippen LogP contribution in [0.3, 0.4) is 0 Å². The van der Waals surface area contributed by atoms with Gasteiger partial charge in [-0.15, -0.1) is 0 Å². The fourth-order valence-electron chi connectivity index (χ4n) is 1.91. The molecule has 0 N–H and O–H groups in total. The van der Waals surface area contributed by atoms with Gasteiger partial charge in [-0.3, -0.25) is 9.98 Å². The van der Waals surface area contributed by atoms with E-state index >= 15 is 0 Å². The zero-order valence-electron chi connectivity index (χ0n) is 9.37. The Bertz CT molecular complexity index is 420. The summed E-state index contributed by atoms with van der Waals surface area (Å²) in [5.74, 6) is 0. The highest BCUT2D eigenvalue weighted by Crippen LogP contribution is 2.22. The first-order chi connectivity index (χ1) is 7.86. The van der Waals surface area contributed by atoms with Crippen LogP contribution < -0.4 is 4.90 Å². The second-order valence-electron chi connectivity index (χ2n) is 3.63. The summed E-state index contributed by atoms with van der Waals surface area (Å²) < 4.78 is 0. The smallest absolute Gasteiger partial charge is 0.0947 e. The molecule has 0 saturated carbocycles. The minimum absolute atomic E-state index is 0.185. The molecule has 0 bridgehead atoms. The molecule has 1 aliphatic rings. The molecule has 0 aliphatic carbocycles. The second kappa shape index (κ2) is 4.75. The number of para-hydroxylation sites is 1. The Morgan fingerprint density at radius 3 is 2.69 bits per heavy atom. The number of anilines is 1. The minimum atomic E-state index is 0.185. The largest absolute Gasteiger partial charge is 0.337 e. The van der Waals surface area contributed by atoms with Gasteiger partial charge < -0.3 is 4.90 Å². The first-order valence-electron chi connectivity index (χ1n) is 5.27. The van der Waals surface area contributed by atoms with Gasteiger partial charge in [-0.2, -0.15) is 0 Å². The molecule has 0 aromatic heterocycles. The van der Waals surface area contributed by atoms with Crippen LogP contribution in [0.2, 0.25) is 0 Å². The summed E-state index contributed by atoms with van der Waals surface area (Å²) in [6.45, 7) is 4.22. The first kappa shape index (κ1) is 10.6. The van der Waals surface area contributed by atoms with Gasteiger partial charge in [0.1, 0.15) is 0 Å². The normalized spacial score (nSPS) is 21.7. The minimum Gasteiger partial charge on any atom is -0.337 e. The first-order valence-corrected chi connectivity index (χ1v) is 5.27. The Morgan fingerprint density at radius 2 is 2.06 bits per heavy atom. The summed E-state index contributed by atoms with van der Waals surface area (Å²) in [6.07, 6.45) is 4.08. The molecule has 3 heteroatoms. The van der Waals surface area contributed by atoms with Gasteiger partial charge >= 0.3 is 0 Å². The molecular weight excluding hydrogens is 198 g/mol. The number of nitrogens with zero attached hydrogens (tertiary/aromatic N) is 3. The monoisotopic (exact) mass is 213 g/mol. The second-order valence-corrected chi connectivity index (χ2v) is 3.63.